The average Bonchev–Trinajstić information content (AvgIpc) is 2.50. The van der Waals surface area contributed by atoms with Gasteiger partial charge < -0.3 is 10.1 Å². The number of carbonyl (C=O) groups excluding carboxylic acids is 2. The van der Waals surface area contributed by atoms with Crippen molar-refractivity contribution in [2.75, 3.05) is 5.32 Å². The molecule has 1 unspecified atom stereocenters. The summed E-state index contributed by atoms with van der Waals surface area (Å²) >= 11 is 2.12. The molecule has 1 atom stereocenters. The molecule has 0 aliphatic heterocycles. The minimum atomic E-state index is -0.879. The summed E-state index contributed by atoms with van der Waals surface area (Å²) in [5.41, 5.74) is 4.31. The van der Waals surface area contributed by atoms with Crippen LogP contribution in [0.25, 0.3) is 0 Å². The van der Waals surface area contributed by atoms with Gasteiger partial charge in [0.1, 0.15) is 0 Å². The summed E-state index contributed by atoms with van der Waals surface area (Å²) in [6.07, 6.45) is -0.879. The number of hydrogen-bond acceptors (Lipinski definition) is 3. The lowest BCUT2D eigenvalue weighted by Crippen LogP contribution is -2.30. The predicted octanol–water partition coefficient (Wildman–Crippen LogP) is 4.40. The topological polar surface area (TPSA) is 55.4 Å². The van der Waals surface area contributed by atoms with Crippen molar-refractivity contribution in [2.24, 2.45) is 0 Å². The van der Waals surface area contributed by atoms with Crippen molar-refractivity contribution in [3.63, 3.8) is 0 Å². The highest BCUT2D eigenvalue weighted by Crippen LogP contribution is 2.22. The van der Waals surface area contributed by atoms with Crippen molar-refractivity contribution >= 4 is 40.2 Å². The molecule has 1 amide bonds. The molecule has 0 aliphatic rings. The van der Waals surface area contributed by atoms with E-state index in [1.165, 1.54) is 0 Å². The van der Waals surface area contributed by atoms with Gasteiger partial charge in [-0.3, -0.25) is 4.79 Å². The number of esters is 1. The molecule has 2 rings (SSSR count). The average molecular weight is 437 g/mol. The van der Waals surface area contributed by atoms with Gasteiger partial charge in [-0.25, -0.2) is 4.79 Å². The smallest absolute Gasteiger partial charge is 0.338 e. The molecule has 126 valence electrons. The fourth-order valence-corrected chi connectivity index (χ4v) is 3.04. The van der Waals surface area contributed by atoms with E-state index in [0.29, 0.717) is 5.56 Å². The van der Waals surface area contributed by atoms with Gasteiger partial charge in [-0.05, 0) is 79.6 Å². The van der Waals surface area contributed by atoms with Crippen LogP contribution in [-0.2, 0) is 9.53 Å². The molecule has 0 spiro atoms. The van der Waals surface area contributed by atoms with Crippen LogP contribution in [0.1, 0.15) is 34.0 Å². The Kier molecular flexibility index (Phi) is 5.99. The van der Waals surface area contributed by atoms with Gasteiger partial charge in [0.2, 0.25) is 0 Å². The van der Waals surface area contributed by atoms with Gasteiger partial charge >= 0.3 is 5.97 Å². The molecule has 1 N–H and O–H groups in total. The number of amides is 1. The third-order valence-electron chi connectivity index (χ3n) is 3.64. The summed E-state index contributed by atoms with van der Waals surface area (Å²) in [6, 6.07) is 11.1. The van der Waals surface area contributed by atoms with E-state index in [9.17, 15) is 9.59 Å². The van der Waals surface area contributed by atoms with Crippen LogP contribution in [-0.4, -0.2) is 18.0 Å². The molecule has 0 bridgehead atoms. The first-order chi connectivity index (χ1) is 11.3. The predicted molar refractivity (Wildman–Crippen MR) is 103 cm³/mol. The largest absolute Gasteiger partial charge is 0.449 e. The number of benzene rings is 2. The van der Waals surface area contributed by atoms with E-state index in [1.807, 2.05) is 39.0 Å². The van der Waals surface area contributed by atoms with E-state index < -0.39 is 12.1 Å². The maximum atomic E-state index is 12.3. The van der Waals surface area contributed by atoms with Crippen molar-refractivity contribution in [1.29, 1.82) is 0 Å². The molecular weight excluding hydrogens is 417 g/mol. The van der Waals surface area contributed by atoms with Crippen LogP contribution in [0.15, 0.2) is 36.4 Å². The number of ether oxygens (including phenoxy) is 1. The minimum Gasteiger partial charge on any atom is -0.449 e. The molecule has 24 heavy (non-hydrogen) atoms. The normalized spacial score (nSPS) is 11.7. The summed E-state index contributed by atoms with van der Waals surface area (Å²) in [4.78, 5) is 24.5. The molecule has 0 fully saturated rings. The van der Waals surface area contributed by atoms with E-state index >= 15 is 0 Å². The lowest BCUT2D eigenvalue weighted by molar-refractivity contribution is -0.123. The van der Waals surface area contributed by atoms with Crippen molar-refractivity contribution < 1.29 is 14.3 Å². The quantitative estimate of drug-likeness (QED) is 0.570. The number of rotatable bonds is 4. The highest BCUT2D eigenvalue weighted by Gasteiger charge is 2.20. The molecular formula is C19H20INO3. The Morgan fingerprint density at radius 2 is 1.71 bits per heavy atom. The number of nitrogens with one attached hydrogen (secondary N) is 1. The second kappa shape index (κ2) is 7.79. The summed E-state index contributed by atoms with van der Waals surface area (Å²) in [7, 11) is 0. The third kappa shape index (κ3) is 4.56. The fraction of sp³-hybridized carbons (Fsp3) is 0.263. The van der Waals surface area contributed by atoms with Gasteiger partial charge in [0.05, 0.1) is 5.56 Å². The van der Waals surface area contributed by atoms with Crippen LogP contribution in [0, 0.1) is 24.3 Å². The Hall–Kier alpha value is -1.89. The number of halogens is 1. The van der Waals surface area contributed by atoms with Crippen LogP contribution < -0.4 is 5.32 Å². The Morgan fingerprint density at radius 3 is 2.29 bits per heavy atom. The van der Waals surface area contributed by atoms with Gasteiger partial charge in [-0.1, -0.05) is 23.8 Å². The van der Waals surface area contributed by atoms with Crippen molar-refractivity contribution in [1.82, 2.24) is 0 Å². The SMILES string of the molecule is Cc1cc(C)c(NC(=O)C(C)OC(=O)c2cccc(I)c2)c(C)c1. The molecule has 4 nitrogen and oxygen atoms in total. The molecule has 0 aromatic heterocycles. The molecule has 0 saturated heterocycles. The molecule has 0 radical (unpaired) electrons. The fourth-order valence-electron chi connectivity index (χ4n) is 2.50. The Labute approximate surface area is 155 Å². The van der Waals surface area contributed by atoms with Gasteiger partial charge in [-0.2, -0.15) is 0 Å². The summed E-state index contributed by atoms with van der Waals surface area (Å²) in [5.74, 6) is -0.849. The maximum absolute atomic E-state index is 12.3. The van der Waals surface area contributed by atoms with Crippen LogP contribution in [0.2, 0.25) is 0 Å². The van der Waals surface area contributed by atoms with Gasteiger partial charge in [-0.15, -0.1) is 0 Å². The first kappa shape index (κ1) is 18.4. The van der Waals surface area contributed by atoms with Crippen molar-refractivity contribution in [2.45, 2.75) is 33.8 Å². The lowest BCUT2D eigenvalue weighted by Gasteiger charge is -2.17. The molecule has 0 saturated carbocycles. The second-order valence-corrected chi connectivity index (χ2v) is 7.07. The highest BCUT2D eigenvalue weighted by atomic mass is 127. The first-order valence-electron chi connectivity index (χ1n) is 7.63. The zero-order chi connectivity index (χ0) is 17.9. The molecule has 5 heteroatoms. The highest BCUT2D eigenvalue weighted by molar-refractivity contribution is 14.1. The van der Waals surface area contributed by atoms with Gasteiger partial charge in [0.15, 0.2) is 6.10 Å². The zero-order valence-corrected chi connectivity index (χ0v) is 16.3. The number of hydrogen-bond donors (Lipinski definition) is 1. The zero-order valence-electron chi connectivity index (χ0n) is 14.1. The number of carbonyl (C=O) groups is 2. The molecule has 2 aromatic rings. The van der Waals surface area contributed by atoms with E-state index in [-0.39, 0.29) is 5.91 Å². The molecule has 0 heterocycles. The van der Waals surface area contributed by atoms with E-state index in [4.69, 9.17) is 4.74 Å². The standard InChI is InChI=1S/C19H20INO3/c1-11-8-12(2)17(13(3)9-11)21-18(22)14(4)24-19(23)15-6-5-7-16(20)10-15/h5-10,14H,1-4H3,(H,21,22). The summed E-state index contributed by atoms with van der Waals surface area (Å²) in [5, 5.41) is 2.86. The van der Waals surface area contributed by atoms with Gasteiger partial charge in [0, 0.05) is 9.26 Å². The van der Waals surface area contributed by atoms with Crippen LogP contribution >= 0.6 is 22.6 Å². The van der Waals surface area contributed by atoms with Crippen LogP contribution in [0.3, 0.4) is 0 Å². The summed E-state index contributed by atoms with van der Waals surface area (Å²) in [6.45, 7) is 7.47. The maximum Gasteiger partial charge on any atom is 0.338 e. The second-order valence-electron chi connectivity index (χ2n) is 5.82. The first-order valence-corrected chi connectivity index (χ1v) is 8.71. The molecule has 2 aromatic carbocycles. The van der Waals surface area contributed by atoms with E-state index in [1.54, 1.807) is 25.1 Å². The van der Waals surface area contributed by atoms with Crippen molar-refractivity contribution in [3.05, 3.63) is 62.2 Å². The van der Waals surface area contributed by atoms with Crippen LogP contribution in [0.4, 0.5) is 5.69 Å². The van der Waals surface area contributed by atoms with E-state index in [2.05, 4.69) is 27.9 Å². The monoisotopic (exact) mass is 437 g/mol. The Morgan fingerprint density at radius 1 is 1.08 bits per heavy atom. The number of aryl methyl sites for hydroxylation is 3. The van der Waals surface area contributed by atoms with Gasteiger partial charge in [0.25, 0.3) is 5.91 Å². The molecule has 0 aliphatic carbocycles. The van der Waals surface area contributed by atoms with Crippen LogP contribution in [0.5, 0.6) is 0 Å². The Bertz CT molecular complexity index is 763. The van der Waals surface area contributed by atoms with Crippen molar-refractivity contribution in [3.8, 4) is 0 Å². The summed E-state index contributed by atoms with van der Waals surface area (Å²) < 4.78 is 6.21. The minimum absolute atomic E-state index is 0.343. The lowest BCUT2D eigenvalue weighted by atomic mass is 10.0. The number of anilines is 1. The van der Waals surface area contributed by atoms with E-state index in [0.717, 1.165) is 25.9 Å². The Balaban J connectivity index is 2.06. The third-order valence-corrected chi connectivity index (χ3v) is 4.31.